The topological polar surface area (TPSA) is 52.3 Å². The Morgan fingerprint density at radius 2 is 2.17 bits per heavy atom. The molecule has 5 heteroatoms. The summed E-state index contributed by atoms with van der Waals surface area (Å²) >= 11 is 0. The van der Waals surface area contributed by atoms with Gasteiger partial charge in [0, 0.05) is 12.5 Å². The molecule has 0 saturated carbocycles. The molecule has 0 bridgehead atoms. The van der Waals surface area contributed by atoms with E-state index in [-0.39, 0.29) is 19.6 Å². The summed E-state index contributed by atoms with van der Waals surface area (Å²) in [6.45, 7) is 1.63. The second kappa shape index (κ2) is 5.88. The predicted octanol–water partition coefficient (Wildman–Crippen LogP) is 0.780. The molecule has 0 saturated heterocycles. The first-order valence-corrected chi connectivity index (χ1v) is 3.75. The number of rotatable bonds is 5. The van der Waals surface area contributed by atoms with Gasteiger partial charge in [0.25, 0.3) is 0 Å². The predicted molar refractivity (Wildman–Crippen MR) is 39.8 cm³/mol. The van der Waals surface area contributed by atoms with Crippen molar-refractivity contribution in [2.45, 2.75) is 19.8 Å². The smallest absolute Gasteiger partial charge is 0.306 e. The van der Waals surface area contributed by atoms with Gasteiger partial charge in [0.2, 0.25) is 6.43 Å². The third-order valence-corrected chi connectivity index (χ3v) is 1.39. The molecule has 0 heterocycles. The number of carbonyl (C=O) groups excluding carboxylic acids is 1. The van der Waals surface area contributed by atoms with Crippen LogP contribution in [-0.4, -0.2) is 25.5 Å². The number of hydrogen-bond acceptors (Lipinski definition) is 3. The maximum Gasteiger partial charge on any atom is 0.306 e. The first-order chi connectivity index (χ1) is 5.61. The van der Waals surface area contributed by atoms with E-state index < -0.39 is 18.3 Å². The van der Waals surface area contributed by atoms with Crippen LogP contribution in [0.4, 0.5) is 8.78 Å². The van der Waals surface area contributed by atoms with Crippen molar-refractivity contribution in [2.24, 2.45) is 11.7 Å². The van der Waals surface area contributed by atoms with Gasteiger partial charge in [-0.25, -0.2) is 8.78 Å². The van der Waals surface area contributed by atoms with Gasteiger partial charge in [-0.05, 0) is 6.92 Å². The largest absolute Gasteiger partial charge is 0.466 e. The fraction of sp³-hybridized carbons (Fsp3) is 0.857. The fourth-order valence-electron chi connectivity index (χ4n) is 0.709. The summed E-state index contributed by atoms with van der Waals surface area (Å²) in [5.74, 6) is -1.70. The van der Waals surface area contributed by atoms with Crippen LogP contribution in [0.15, 0.2) is 0 Å². The monoisotopic (exact) mass is 181 g/mol. The van der Waals surface area contributed by atoms with Gasteiger partial charge in [-0.2, -0.15) is 0 Å². The van der Waals surface area contributed by atoms with Crippen LogP contribution in [0.5, 0.6) is 0 Å². The van der Waals surface area contributed by atoms with Crippen LogP contribution in [0.1, 0.15) is 13.3 Å². The summed E-state index contributed by atoms with van der Waals surface area (Å²) in [6, 6.07) is 0. The Bertz CT molecular complexity index is 141. The van der Waals surface area contributed by atoms with Crippen molar-refractivity contribution in [1.29, 1.82) is 0 Å². The molecule has 0 aromatic rings. The lowest BCUT2D eigenvalue weighted by molar-refractivity contribution is -0.145. The van der Waals surface area contributed by atoms with Crippen LogP contribution in [0.2, 0.25) is 0 Å². The van der Waals surface area contributed by atoms with E-state index in [0.29, 0.717) is 0 Å². The van der Waals surface area contributed by atoms with Crippen molar-refractivity contribution >= 4 is 5.97 Å². The zero-order chi connectivity index (χ0) is 9.56. The molecule has 1 unspecified atom stereocenters. The Labute approximate surface area is 69.9 Å². The molecule has 0 fully saturated rings. The normalized spacial score (nSPS) is 13.1. The van der Waals surface area contributed by atoms with E-state index in [1.54, 1.807) is 6.92 Å². The lowest BCUT2D eigenvalue weighted by atomic mass is 10.1. The summed E-state index contributed by atoms with van der Waals surface area (Å²) < 4.78 is 28.5. The highest BCUT2D eigenvalue weighted by Gasteiger charge is 2.22. The number of hydrogen-bond donors (Lipinski definition) is 1. The first kappa shape index (κ1) is 11.3. The molecular weight excluding hydrogens is 168 g/mol. The summed E-state index contributed by atoms with van der Waals surface area (Å²) in [6.07, 6.45) is -2.86. The molecule has 0 aromatic carbocycles. The Kier molecular flexibility index (Phi) is 5.53. The number of esters is 1. The molecule has 12 heavy (non-hydrogen) atoms. The van der Waals surface area contributed by atoms with Crippen molar-refractivity contribution in [2.75, 3.05) is 13.2 Å². The second-order valence-electron chi connectivity index (χ2n) is 2.34. The van der Waals surface area contributed by atoms with E-state index in [0.717, 1.165) is 0 Å². The van der Waals surface area contributed by atoms with E-state index in [2.05, 4.69) is 4.74 Å². The Balaban J connectivity index is 3.77. The summed E-state index contributed by atoms with van der Waals surface area (Å²) in [5, 5.41) is 0. The Morgan fingerprint density at radius 3 is 2.50 bits per heavy atom. The molecule has 0 aliphatic carbocycles. The lowest BCUT2D eigenvalue weighted by Crippen LogP contribution is -2.25. The number of carbonyl (C=O) groups is 1. The number of nitrogens with two attached hydrogens (primary N) is 1. The van der Waals surface area contributed by atoms with Crippen molar-refractivity contribution in [1.82, 2.24) is 0 Å². The van der Waals surface area contributed by atoms with Gasteiger partial charge in [0.15, 0.2) is 0 Å². The fourth-order valence-corrected chi connectivity index (χ4v) is 0.709. The van der Waals surface area contributed by atoms with E-state index >= 15 is 0 Å². The average Bonchev–Trinajstić information content (AvgIpc) is 2.00. The Morgan fingerprint density at radius 1 is 1.58 bits per heavy atom. The van der Waals surface area contributed by atoms with Crippen LogP contribution in [0.25, 0.3) is 0 Å². The molecule has 0 amide bonds. The second-order valence-corrected chi connectivity index (χ2v) is 2.34. The van der Waals surface area contributed by atoms with Gasteiger partial charge in [0.1, 0.15) is 0 Å². The number of ether oxygens (including phenoxy) is 1. The molecule has 1 atom stereocenters. The molecular formula is C7H13F2NO2. The molecule has 0 radical (unpaired) electrons. The van der Waals surface area contributed by atoms with Crippen LogP contribution >= 0.6 is 0 Å². The highest BCUT2D eigenvalue weighted by Crippen LogP contribution is 2.12. The standard InChI is InChI=1S/C7H13F2NO2/c1-2-12-6(11)3-5(4-10)7(8)9/h5,7H,2-4,10H2,1H3. The van der Waals surface area contributed by atoms with Gasteiger partial charge in [-0.15, -0.1) is 0 Å². The van der Waals surface area contributed by atoms with Crippen LogP contribution < -0.4 is 5.73 Å². The zero-order valence-electron chi connectivity index (χ0n) is 6.93. The van der Waals surface area contributed by atoms with E-state index in [1.807, 2.05) is 0 Å². The maximum atomic E-state index is 12.0. The van der Waals surface area contributed by atoms with Gasteiger partial charge >= 0.3 is 5.97 Å². The number of alkyl halides is 2. The Hall–Kier alpha value is -0.710. The van der Waals surface area contributed by atoms with Gasteiger partial charge in [-0.1, -0.05) is 0 Å². The number of halogens is 2. The van der Waals surface area contributed by atoms with E-state index in [4.69, 9.17) is 5.73 Å². The molecule has 2 N–H and O–H groups in total. The summed E-state index contributed by atoms with van der Waals surface area (Å²) in [4.78, 5) is 10.7. The minimum absolute atomic E-state index is 0.198. The molecule has 72 valence electrons. The summed E-state index contributed by atoms with van der Waals surface area (Å²) in [5.41, 5.74) is 5.03. The third kappa shape index (κ3) is 4.23. The van der Waals surface area contributed by atoms with Crippen LogP contribution in [0, 0.1) is 5.92 Å². The van der Waals surface area contributed by atoms with Crippen molar-refractivity contribution in [3.8, 4) is 0 Å². The maximum absolute atomic E-state index is 12.0. The minimum Gasteiger partial charge on any atom is -0.466 e. The zero-order valence-corrected chi connectivity index (χ0v) is 6.93. The van der Waals surface area contributed by atoms with Gasteiger partial charge < -0.3 is 10.5 Å². The van der Waals surface area contributed by atoms with Crippen molar-refractivity contribution < 1.29 is 18.3 Å². The molecule has 3 nitrogen and oxygen atoms in total. The molecule has 0 aromatic heterocycles. The van der Waals surface area contributed by atoms with Crippen molar-refractivity contribution in [3.63, 3.8) is 0 Å². The first-order valence-electron chi connectivity index (χ1n) is 3.75. The van der Waals surface area contributed by atoms with E-state index in [1.165, 1.54) is 0 Å². The average molecular weight is 181 g/mol. The molecule has 0 aliphatic heterocycles. The van der Waals surface area contributed by atoms with E-state index in [9.17, 15) is 13.6 Å². The molecule has 0 spiro atoms. The summed E-state index contributed by atoms with van der Waals surface area (Å²) in [7, 11) is 0. The molecule has 0 rings (SSSR count). The lowest BCUT2D eigenvalue weighted by Gasteiger charge is -2.11. The SMILES string of the molecule is CCOC(=O)CC(CN)C(F)F. The van der Waals surface area contributed by atoms with Gasteiger partial charge in [0.05, 0.1) is 13.0 Å². The van der Waals surface area contributed by atoms with Crippen LogP contribution in [0.3, 0.4) is 0 Å². The highest BCUT2D eigenvalue weighted by atomic mass is 19.3. The van der Waals surface area contributed by atoms with Crippen LogP contribution in [-0.2, 0) is 9.53 Å². The third-order valence-electron chi connectivity index (χ3n) is 1.39. The van der Waals surface area contributed by atoms with Crippen molar-refractivity contribution in [3.05, 3.63) is 0 Å². The van der Waals surface area contributed by atoms with Gasteiger partial charge in [-0.3, -0.25) is 4.79 Å². The highest BCUT2D eigenvalue weighted by molar-refractivity contribution is 5.69. The minimum atomic E-state index is -2.56. The molecule has 0 aliphatic rings. The quantitative estimate of drug-likeness (QED) is 0.637.